The second-order valence-corrected chi connectivity index (χ2v) is 9.03. The average molecular weight is 399 g/mol. The Morgan fingerprint density at radius 2 is 1.67 bits per heavy atom. The monoisotopic (exact) mass is 398 g/mol. The van der Waals surface area contributed by atoms with Crippen LogP contribution in [-0.4, -0.2) is 19.2 Å². The van der Waals surface area contributed by atoms with Gasteiger partial charge in [0.1, 0.15) is 0 Å². The zero-order valence-electron chi connectivity index (χ0n) is 15.1. The zero-order chi connectivity index (χ0) is 19.1. The molecule has 0 amide bonds. The van der Waals surface area contributed by atoms with E-state index in [0.29, 0.717) is 6.42 Å². The van der Waals surface area contributed by atoms with Crippen LogP contribution < -0.4 is 4.72 Å². The highest BCUT2D eigenvalue weighted by Gasteiger charge is 2.21. The van der Waals surface area contributed by atoms with E-state index in [4.69, 9.17) is 0 Å². The summed E-state index contributed by atoms with van der Waals surface area (Å²) in [6.07, 6.45) is 2.42. The highest BCUT2D eigenvalue weighted by Crippen LogP contribution is 2.24. The van der Waals surface area contributed by atoms with Crippen molar-refractivity contribution in [2.45, 2.75) is 29.3 Å². The van der Waals surface area contributed by atoms with Gasteiger partial charge in [0.25, 0.3) is 0 Å². The molecule has 0 aliphatic carbocycles. The topological polar surface area (TPSA) is 59.1 Å². The van der Waals surface area contributed by atoms with Crippen LogP contribution in [-0.2, 0) is 10.0 Å². The number of hydrogen-bond donors (Lipinski definition) is 1. The summed E-state index contributed by atoms with van der Waals surface area (Å²) in [5, 5.41) is 0.936. The second kappa shape index (κ2) is 9.17. The minimum atomic E-state index is -3.59. The van der Waals surface area contributed by atoms with Crippen LogP contribution in [0.3, 0.4) is 0 Å². The van der Waals surface area contributed by atoms with Gasteiger partial charge in [-0.25, -0.2) is 18.1 Å². The molecular weight excluding hydrogens is 376 g/mol. The molecule has 0 aliphatic rings. The molecule has 6 heteroatoms. The van der Waals surface area contributed by atoms with Gasteiger partial charge in [-0.15, -0.1) is 11.8 Å². The fourth-order valence-corrected chi connectivity index (χ4v) is 4.80. The highest BCUT2D eigenvalue weighted by atomic mass is 32.2. The first-order valence-corrected chi connectivity index (χ1v) is 11.2. The third-order valence-corrected chi connectivity index (χ3v) is 6.59. The number of hydrogen-bond acceptors (Lipinski definition) is 4. The second-order valence-electron chi connectivity index (χ2n) is 6.20. The van der Waals surface area contributed by atoms with Crippen LogP contribution in [0.2, 0.25) is 0 Å². The summed E-state index contributed by atoms with van der Waals surface area (Å²) in [6.45, 7) is 1.94. The summed E-state index contributed by atoms with van der Waals surface area (Å²) < 4.78 is 28.5. The molecule has 1 heterocycles. The molecule has 140 valence electrons. The van der Waals surface area contributed by atoms with Crippen LogP contribution in [0.5, 0.6) is 0 Å². The van der Waals surface area contributed by atoms with Gasteiger partial charge in [0.05, 0.1) is 9.92 Å². The maximum atomic E-state index is 12.8. The third-order valence-electron chi connectivity index (χ3n) is 4.12. The highest BCUT2D eigenvalue weighted by molar-refractivity contribution is 7.99. The van der Waals surface area contributed by atoms with E-state index in [1.54, 1.807) is 30.1 Å². The number of nitrogens with zero attached hydrogens (tertiary/aromatic N) is 1. The van der Waals surface area contributed by atoms with E-state index in [1.165, 1.54) is 0 Å². The van der Waals surface area contributed by atoms with E-state index in [9.17, 15) is 8.42 Å². The van der Waals surface area contributed by atoms with Gasteiger partial charge in [0.2, 0.25) is 10.0 Å². The van der Waals surface area contributed by atoms with Crippen molar-refractivity contribution in [2.24, 2.45) is 0 Å². The Hall–Kier alpha value is -2.15. The molecule has 3 rings (SSSR count). The lowest BCUT2D eigenvalue weighted by molar-refractivity contribution is 0.551. The lowest BCUT2D eigenvalue weighted by Crippen LogP contribution is -2.29. The average Bonchev–Trinajstić information content (AvgIpc) is 2.69. The number of aromatic nitrogens is 1. The van der Waals surface area contributed by atoms with E-state index in [0.717, 1.165) is 21.9 Å². The predicted molar refractivity (Wildman–Crippen MR) is 110 cm³/mol. The van der Waals surface area contributed by atoms with Crippen molar-refractivity contribution < 1.29 is 8.42 Å². The number of sulfonamides is 1. The van der Waals surface area contributed by atoms with E-state index in [2.05, 4.69) is 9.71 Å². The third kappa shape index (κ3) is 5.66. The Morgan fingerprint density at radius 3 is 2.33 bits per heavy atom. The Kier molecular flexibility index (Phi) is 6.66. The van der Waals surface area contributed by atoms with E-state index < -0.39 is 10.0 Å². The standard InChI is InChI=1S/C21H22N2O2S2/c1-17-10-12-19(13-11-17)27(24,25)23-20(18-7-3-2-4-8-18)14-16-26-21-9-5-6-15-22-21/h2-13,15,20,23H,14,16H2,1H3. The van der Waals surface area contributed by atoms with E-state index >= 15 is 0 Å². The first-order chi connectivity index (χ1) is 13.0. The Labute approximate surface area is 165 Å². The minimum Gasteiger partial charge on any atom is -0.250 e. The van der Waals surface area contributed by atoms with Crippen LogP contribution in [0, 0.1) is 6.92 Å². The molecule has 0 saturated carbocycles. The smallest absolute Gasteiger partial charge is 0.241 e. The quantitative estimate of drug-likeness (QED) is 0.564. The summed E-state index contributed by atoms with van der Waals surface area (Å²) in [7, 11) is -3.59. The van der Waals surface area contributed by atoms with Crippen molar-refractivity contribution in [3.63, 3.8) is 0 Å². The van der Waals surface area contributed by atoms with Crippen LogP contribution in [0.4, 0.5) is 0 Å². The number of aryl methyl sites for hydroxylation is 1. The van der Waals surface area contributed by atoms with Gasteiger partial charge in [0, 0.05) is 18.0 Å². The zero-order valence-corrected chi connectivity index (χ0v) is 16.7. The van der Waals surface area contributed by atoms with Gasteiger partial charge in [-0.05, 0) is 43.2 Å². The minimum absolute atomic E-state index is 0.284. The molecule has 3 aromatic rings. The van der Waals surface area contributed by atoms with Crippen molar-refractivity contribution in [3.05, 3.63) is 90.1 Å². The van der Waals surface area contributed by atoms with E-state index in [-0.39, 0.29) is 10.9 Å². The summed E-state index contributed by atoms with van der Waals surface area (Å²) >= 11 is 1.62. The molecule has 1 N–H and O–H groups in total. The SMILES string of the molecule is Cc1ccc(S(=O)(=O)NC(CCSc2ccccn2)c2ccccc2)cc1. The fraction of sp³-hybridized carbons (Fsp3) is 0.190. The molecule has 0 fully saturated rings. The van der Waals surface area contributed by atoms with Crippen molar-refractivity contribution in [1.82, 2.24) is 9.71 Å². The lowest BCUT2D eigenvalue weighted by atomic mass is 10.1. The van der Waals surface area contributed by atoms with Crippen LogP contribution in [0.1, 0.15) is 23.6 Å². The molecular formula is C21H22N2O2S2. The number of rotatable bonds is 8. The first kappa shape index (κ1) is 19.6. The van der Waals surface area contributed by atoms with Gasteiger partial charge >= 0.3 is 0 Å². The Bertz CT molecular complexity index is 944. The molecule has 2 aromatic carbocycles. The number of nitrogens with one attached hydrogen (secondary N) is 1. The Morgan fingerprint density at radius 1 is 0.963 bits per heavy atom. The Balaban J connectivity index is 1.74. The number of thioether (sulfide) groups is 1. The molecule has 0 bridgehead atoms. The van der Waals surface area contributed by atoms with Crippen molar-refractivity contribution >= 4 is 21.8 Å². The van der Waals surface area contributed by atoms with Crippen LogP contribution >= 0.6 is 11.8 Å². The summed E-state index contributed by atoms with van der Waals surface area (Å²) in [5.74, 6) is 0.757. The molecule has 1 unspecified atom stereocenters. The van der Waals surface area contributed by atoms with E-state index in [1.807, 2.05) is 67.6 Å². The molecule has 0 aliphatic heterocycles. The van der Waals surface area contributed by atoms with Gasteiger partial charge in [-0.3, -0.25) is 0 Å². The normalized spacial score (nSPS) is 12.6. The first-order valence-electron chi connectivity index (χ1n) is 8.72. The summed E-state index contributed by atoms with van der Waals surface area (Å²) in [6, 6.07) is 22.1. The van der Waals surface area contributed by atoms with Crippen LogP contribution in [0.15, 0.2) is 88.9 Å². The molecule has 27 heavy (non-hydrogen) atoms. The lowest BCUT2D eigenvalue weighted by Gasteiger charge is -2.19. The molecule has 1 aromatic heterocycles. The predicted octanol–water partition coefficient (Wildman–Crippen LogP) is 4.59. The van der Waals surface area contributed by atoms with Gasteiger partial charge in [-0.1, -0.05) is 54.1 Å². The van der Waals surface area contributed by atoms with Crippen molar-refractivity contribution in [2.75, 3.05) is 5.75 Å². The van der Waals surface area contributed by atoms with Gasteiger partial charge < -0.3 is 0 Å². The fourth-order valence-electron chi connectivity index (χ4n) is 2.67. The molecule has 1 atom stereocenters. The number of benzene rings is 2. The largest absolute Gasteiger partial charge is 0.250 e. The van der Waals surface area contributed by atoms with Crippen molar-refractivity contribution in [1.29, 1.82) is 0 Å². The van der Waals surface area contributed by atoms with Crippen molar-refractivity contribution in [3.8, 4) is 0 Å². The van der Waals surface area contributed by atoms with Gasteiger partial charge in [-0.2, -0.15) is 0 Å². The molecule has 0 spiro atoms. The summed E-state index contributed by atoms with van der Waals surface area (Å²) in [4.78, 5) is 4.59. The molecule has 0 radical (unpaired) electrons. The maximum Gasteiger partial charge on any atom is 0.241 e. The van der Waals surface area contributed by atoms with Crippen LogP contribution in [0.25, 0.3) is 0 Å². The molecule has 4 nitrogen and oxygen atoms in total. The maximum absolute atomic E-state index is 12.8. The summed E-state index contributed by atoms with van der Waals surface area (Å²) in [5.41, 5.74) is 1.98. The molecule has 0 saturated heterocycles. The number of pyridine rings is 1. The van der Waals surface area contributed by atoms with Gasteiger partial charge in [0.15, 0.2) is 0 Å².